The van der Waals surface area contributed by atoms with Crippen LogP contribution in [0.3, 0.4) is 0 Å². The molecule has 0 amide bonds. The van der Waals surface area contributed by atoms with Crippen molar-refractivity contribution >= 4 is 17.4 Å². The van der Waals surface area contributed by atoms with E-state index in [1.54, 1.807) is 0 Å². The van der Waals surface area contributed by atoms with Gasteiger partial charge in [-0.3, -0.25) is 0 Å². The van der Waals surface area contributed by atoms with Gasteiger partial charge in [0.15, 0.2) is 0 Å². The van der Waals surface area contributed by atoms with E-state index in [1.165, 1.54) is 0 Å². The van der Waals surface area contributed by atoms with E-state index in [9.17, 15) is 0 Å². The number of aryl methyl sites for hydroxylation is 1. The normalized spacial score (nSPS) is 17.8. The van der Waals surface area contributed by atoms with Crippen LogP contribution >= 0.6 is 11.6 Å². The van der Waals surface area contributed by atoms with Crippen LogP contribution in [0.1, 0.15) is 44.1 Å². The fourth-order valence-electron chi connectivity index (χ4n) is 2.07. The zero-order valence-electron chi connectivity index (χ0n) is 10.8. The summed E-state index contributed by atoms with van der Waals surface area (Å²) >= 11 is 6.12. The summed E-state index contributed by atoms with van der Waals surface area (Å²) in [5, 5.41) is 0.332. The van der Waals surface area contributed by atoms with Gasteiger partial charge in [0.1, 0.15) is 11.6 Å². The number of alkyl halides is 1. The van der Waals surface area contributed by atoms with Crippen molar-refractivity contribution in [3.63, 3.8) is 0 Å². The third-order valence-electron chi connectivity index (χ3n) is 3.12. The maximum Gasteiger partial charge on any atom is 0.133 e. The van der Waals surface area contributed by atoms with Gasteiger partial charge < -0.3 is 4.90 Å². The molecule has 0 bridgehead atoms. The van der Waals surface area contributed by atoms with Crippen molar-refractivity contribution in [1.29, 1.82) is 0 Å². The summed E-state index contributed by atoms with van der Waals surface area (Å²) in [6.07, 6.45) is 2.09. The summed E-state index contributed by atoms with van der Waals surface area (Å²) < 4.78 is 0. The van der Waals surface area contributed by atoms with Gasteiger partial charge in [0.25, 0.3) is 0 Å². The van der Waals surface area contributed by atoms with Crippen molar-refractivity contribution in [2.45, 2.75) is 44.9 Å². The first kappa shape index (κ1) is 12.6. The van der Waals surface area contributed by atoms with Gasteiger partial charge in [-0.05, 0) is 19.8 Å². The van der Waals surface area contributed by atoms with Crippen LogP contribution in [0.25, 0.3) is 0 Å². The minimum absolute atomic E-state index is 0.332. The molecule has 2 rings (SSSR count). The summed E-state index contributed by atoms with van der Waals surface area (Å²) in [4.78, 5) is 11.5. The summed E-state index contributed by atoms with van der Waals surface area (Å²) in [7, 11) is 0. The Morgan fingerprint density at radius 3 is 2.53 bits per heavy atom. The van der Waals surface area contributed by atoms with E-state index in [-0.39, 0.29) is 0 Å². The fraction of sp³-hybridized carbons (Fsp3) is 0.692. The van der Waals surface area contributed by atoms with Crippen molar-refractivity contribution in [2.75, 3.05) is 18.0 Å². The topological polar surface area (TPSA) is 29.0 Å². The molecule has 0 unspecified atom stereocenters. The van der Waals surface area contributed by atoms with Gasteiger partial charge in [-0.15, -0.1) is 11.6 Å². The molecule has 2 heterocycles. The first-order valence-electron chi connectivity index (χ1n) is 6.31. The first-order valence-corrected chi connectivity index (χ1v) is 6.74. The first-order chi connectivity index (χ1) is 8.06. The van der Waals surface area contributed by atoms with Crippen LogP contribution in [0.2, 0.25) is 0 Å². The van der Waals surface area contributed by atoms with Gasteiger partial charge >= 0.3 is 0 Å². The average Bonchev–Trinajstić information content (AvgIpc) is 2.29. The predicted molar refractivity (Wildman–Crippen MR) is 71.9 cm³/mol. The van der Waals surface area contributed by atoms with Gasteiger partial charge in [0.05, 0.1) is 0 Å². The Balaban J connectivity index is 2.20. The van der Waals surface area contributed by atoms with Crippen molar-refractivity contribution in [1.82, 2.24) is 9.97 Å². The smallest absolute Gasteiger partial charge is 0.133 e. The number of aromatic nitrogens is 2. The molecule has 1 aliphatic heterocycles. The second-order valence-corrected chi connectivity index (χ2v) is 5.66. The predicted octanol–water partition coefficient (Wildman–Crippen LogP) is 3.12. The minimum atomic E-state index is 0.332. The Morgan fingerprint density at radius 2 is 1.94 bits per heavy atom. The van der Waals surface area contributed by atoms with Crippen molar-refractivity contribution in [3.8, 4) is 0 Å². The van der Waals surface area contributed by atoms with E-state index in [1.807, 2.05) is 6.92 Å². The Morgan fingerprint density at radius 1 is 1.29 bits per heavy atom. The van der Waals surface area contributed by atoms with E-state index in [4.69, 9.17) is 11.6 Å². The average molecular weight is 254 g/mol. The number of halogens is 1. The highest BCUT2D eigenvalue weighted by Gasteiger charge is 2.19. The summed E-state index contributed by atoms with van der Waals surface area (Å²) in [6.45, 7) is 8.29. The molecule has 1 aliphatic rings. The third-order valence-corrected chi connectivity index (χ3v) is 3.56. The van der Waals surface area contributed by atoms with E-state index in [2.05, 4.69) is 34.8 Å². The van der Waals surface area contributed by atoms with Crippen LogP contribution in [0.5, 0.6) is 0 Å². The van der Waals surface area contributed by atoms with Gasteiger partial charge in [-0.1, -0.05) is 13.8 Å². The van der Waals surface area contributed by atoms with Gasteiger partial charge in [0.2, 0.25) is 0 Å². The number of hydrogen-bond acceptors (Lipinski definition) is 3. The van der Waals surface area contributed by atoms with Crippen LogP contribution in [0.4, 0.5) is 5.82 Å². The molecule has 0 aliphatic carbocycles. The summed E-state index contributed by atoms with van der Waals surface area (Å²) in [6, 6.07) is 2.07. The molecule has 0 N–H and O–H groups in total. The van der Waals surface area contributed by atoms with Crippen LogP contribution in [-0.2, 0) is 0 Å². The van der Waals surface area contributed by atoms with Crippen LogP contribution in [0, 0.1) is 6.92 Å². The van der Waals surface area contributed by atoms with Crippen LogP contribution < -0.4 is 4.90 Å². The highest BCUT2D eigenvalue weighted by atomic mass is 35.5. The van der Waals surface area contributed by atoms with Crippen LogP contribution in [0.15, 0.2) is 6.07 Å². The molecule has 0 aromatic carbocycles. The molecule has 0 spiro atoms. The monoisotopic (exact) mass is 253 g/mol. The number of rotatable bonds is 2. The lowest BCUT2D eigenvalue weighted by Gasteiger charge is -2.30. The molecule has 1 aromatic rings. The number of anilines is 1. The highest BCUT2D eigenvalue weighted by molar-refractivity contribution is 6.20. The maximum absolute atomic E-state index is 6.12. The lowest BCUT2D eigenvalue weighted by atomic mass is 10.1. The second-order valence-electron chi connectivity index (χ2n) is 5.04. The van der Waals surface area contributed by atoms with E-state index in [0.29, 0.717) is 11.3 Å². The lowest BCUT2D eigenvalue weighted by Crippen LogP contribution is -2.34. The van der Waals surface area contributed by atoms with Crippen molar-refractivity contribution in [2.24, 2.45) is 0 Å². The SMILES string of the molecule is Cc1cc(N2CCC(Cl)CC2)nc(C(C)C)n1. The van der Waals surface area contributed by atoms with Gasteiger partial charge in [-0.25, -0.2) is 9.97 Å². The highest BCUT2D eigenvalue weighted by Crippen LogP contribution is 2.22. The molecule has 3 nitrogen and oxygen atoms in total. The maximum atomic E-state index is 6.12. The zero-order valence-corrected chi connectivity index (χ0v) is 11.5. The van der Waals surface area contributed by atoms with Gasteiger partial charge in [-0.2, -0.15) is 0 Å². The van der Waals surface area contributed by atoms with Gasteiger partial charge in [0, 0.05) is 36.1 Å². The zero-order chi connectivity index (χ0) is 12.4. The number of piperidine rings is 1. The molecule has 1 fully saturated rings. The summed E-state index contributed by atoms with van der Waals surface area (Å²) in [5.41, 5.74) is 1.05. The summed E-state index contributed by atoms with van der Waals surface area (Å²) in [5.74, 6) is 2.37. The Hall–Kier alpha value is -0.830. The Labute approximate surface area is 108 Å². The third kappa shape index (κ3) is 3.09. The largest absolute Gasteiger partial charge is 0.356 e. The lowest BCUT2D eigenvalue weighted by molar-refractivity contribution is 0.577. The molecule has 94 valence electrons. The molecular weight excluding hydrogens is 234 g/mol. The van der Waals surface area contributed by atoms with E-state index >= 15 is 0 Å². The van der Waals surface area contributed by atoms with Crippen molar-refractivity contribution in [3.05, 3.63) is 17.6 Å². The van der Waals surface area contributed by atoms with Crippen LogP contribution in [-0.4, -0.2) is 28.4 Å². The molecule has 17 heavy (non-hydrogen) atoms. The molecular formula is C13H20ClN3. The standard InChI is InChI=1S/C13H20ClN3/c1-9(2)13-15-10(3)8-12(16-13)17-6-4-11(14)5-7-17/h8-9,11H,4-7H2,1-3H3. The van der Waals surface area contributed by atoms with E-state index < -0.39 is 0 Å². The molecule has 1 saturated heterocycles. The quantitative estimate of drug-likeness (QED) is 0.759. The minimum Gasteiger partial charge on any atom is -0.356 e. The van der Waals surface area contributed by atoms with Crippen molar-refractivity contribution < 1.29 is 0 Å². The molecule has 0 atom stereocenters. The number of hydrogen-bond donors (Lipinski definition) is 0. The molecule has 1 aromatic heterocycles. The molecule has 0 saturated carbocycles. The number of nitrogens with zero attached hydrogens (tertiary/aromatic N) is 3. The Kier molecular flexibility index (Phi) is 3.87. The second kappa shape index (κ2) is 5.21. The Bertz CT molecular complexity index is 384. The van der Waals surface area contributed by atoms with E-state index in [0.717, 1.165) is 43.3 Å². The molecule has 4 heteroatoms. The fourth-order valence-corrected chi connectivity index (χ4v) is 2.27. The molecule has 0 radical (unpaired) electrons.